The summed E-state index contributed by atoms with van der Waals surface area (Å²) in [6.45, 7) is 3.35. The fourth-order valence-corrected chi connectivity index (χ4v) is 3.69. The second-order valence-electron chi connectivity index (χ2n) is 7.66. The highest BCUT2D eigenvalue weighted by molar-refractivity contribution is 6.02. The largest absolute Gasteiger partial charge is 0.456 e. The molecule has 3 fully saturated rings. The number of nitrogens with zero attached hydrogens (tertiary/aromatic N) is 3. The van der Waals surface area contributed by atoms with Crippen LogP contribution in [0.25, 0.3) is 11.0 Å². The van der Waals surface area contributed by atoms with Crippen molar-refractivity contribution in [3.8, 4) is 0 Å². The van der Waals surface area contributed by atoms with Crippen molar-refractivity contribution in [2.75, 3.05) is 13.2 Å². The molecule has 132 valence electrons. The molecule has 2 atom stereocenters. The minimum absolute atomic E-state index is 0.138. The van der Waals surface area contributed by atoms with Gasteiger partial charge in [-0.15, -0.1) is 0 Å². The molecule has 6 nitrogen and oxygen atoms in total. The molecule has 2 saturated carbocycles. The number of carbonyl (C=O) groups is 1. The summed E-state index contributed by atoms with van der Waals surface area (Å²) in [5.41, 5.74) is 2.44. The van der Waals surface area contributed by atoms with Crippen molar-refractivity contribution in [1.29, 1.82) is 0 Å². The highest BCUT2D eigenvalue weighted by Crippen LogP contribution is 2.42. The van der Waals surface area contributed by atoms with E-state index < -0.39 is 0 Å². The van der Waals surface area contributed by atoms with Crippen molar-refractivity contribution in [3.63, 3.8) is 0 Å². The molecule has 25 heavy (non-hydrogen) atoms. The number of fused-ring (bicyclic) bond motifs is 1. The van der Waals surface area contributed by atoms with Crippen molar-refractivity contribution < 1.29 is 14.3 Å². The molecule has 0 bridgehead atoms. The Labute approximate surface area is 146 Å². The molecule has 1 saturated heterocycles. The smallest absolute Gasteiger partial charge is 0.339 e. The molecule has 2 aliphatic carbocycles. The van der Waals surface area contributed by atoms with Crippen LogP contribution in [0.2, 0.25) is 0 Å². The fourth-order valence-electron chi connectivity index (χ4n) is 3.69. The van der Waals surface area contributed by atoms with E-state index in [1.165, 1.54) is 12.8 Å². The summed E-state index contributed by atoms with van der Waals surface area (Å²) in [5.74, 6) is 0.884. The first kappa shape index (κ1) is 15.3. The van der Waals surface area contributed by atoms with Crippen molar-refractivity contribution in [1.82, 2.24) is 14.8 Å². The predicted molar refractivity (Wildman–Crippen MR) is 91.6 cm³/mol. The van der Waals surface area contributed by atoms with Crippen LogP contribution in [0.15, 0.2) is 12.3 Å². The predicted octanol–water partition coefficient (Wildman–Crippen LogP) is 3.23. The van der Waals surface area contributed by atoms with E-state index in [0.717, 1.165) is 36.0 Å². The number of hydrogen-bond donors (Lipinski definition) is 0. The summed E-state index contributed by atoms with van der Waals surface area (Å²) in [6, 6.07) is 2.25. The molecule has 1 aliphatic heterocycles. The number of ether oxygens (including phenoxy) is 2. The number of rotatable bonds is 5. The first-order valence-corrected chi connectivity index (χ1v) is 9.37. The molecule has 2 aromatic heterocycles. The first-order valence-electron chi connectivity index (χ1n) is 9.37. The Morgan fingerprint density at radius 3 is 2.84 bits per heavy atom. The van der Waals surface area contributed by atoms with Gasteiger partial charge in [0.05, 0.1) is 36.4 Å². The van der Waals surface area contributed by atoms with E-state index in [2.05, 4.69) is 12.0 Å². The highest BCUT2D eigenvalue weighted by Gasteiger charge is 2.33. The maximum atomic E-state index is 12.8. The summed E-state index contributed by atoms with van der Waals surface area (Å²) < 4.78 is 13.0. The molecule has 0 amide bonds. The van der Waals surface area contributed by atoms with Gasteiger partial charge in [0, 0.05) is 18.0 Å². The number of carbonyl (C=O) groups excluding carboxylic acids is 1. The SMILES string of the molecule is C[C@H](C1CC1)n1ncc2c(C(=O)O[C@H]3CCOC3)cc(C3CC3)nc21. The van der Waals surface area contributed by atoms with Gasteiger partial charge in [-0.3, -0.25) is 0 Å². The third-order valence-electron chi connectivity index (χ3n) is 5.65. The topological polar surface area (TPSA) is 66.2 Å². The van der Waals surface area contributed by atoms with E-state index in [0.29, 0.717) is 36.7 Å². The molecule has 5 rings (SSSR count). The lowest BCUT2D eigenvalue weighted by atomic mass is 10.1. The number of hydrogen-bond acceptors (Lipinski definition) is 5. The molecule has 6 heteroatoms. The van der Waals surface area contributed by atoms with Gasteiger partial charge in [0.15, 0.2) is 5.65 Å². The molecule has 0 radical (unpaired) electrons. The van der Waals surface area contributed by atoms with Crippen molar-refractivity contribution >= 4 is 17.0 Å². The van der Waals surface area contributed by atoms with Gasteiger partial charge in [-0.05, 0) is 44.6 Å². The molecule has 0 N–H and O–H groups in total. The third-order valence-corrected chi connectivity index (χ3v) is 5.65. The van der Waals surface area contributed by atoms with E-state index in [9.17, 15) is 4.79 Å². The van der Waals surface area contributed by atoms with Gasteiger partial charge in [0.1, 0.15) is 6.10 Å². The lowest BCUT2D eigenvalue weighted by molar-refractivity contribution is 0.0273. The number of pyridine rings is 1. The van der Waals surface area contributed by atoms with Crippen molar-refractivity contribution in [2.45, 2.75) is 57.1 Å². The monoisotopic (exact) mass is 341 g/mol. The Morgan fingerprint density at radius 2 is 2.16 bits per heavy atom. The Kier molecular flexibility index (Phi) is 3.55. The minimum Gasteiger partial charge on any atom is -0.456 e. The van der Waals surface area contributed by atoms with Crippen molar-refractivity contribution in [3.05, 3.63) is 23.5 Å². The molecule has 2 aromatic rings. The van der Waals surface area contributed by atoms with Crippen LogP contribution in [-0.4, -0.2) is 40.1 Å². The third kappa shape index (κ3) is 2.82. The lowest BCUT2D eigenvalue weighted by Gasteiger charge is -2.14. The maximum Gasteiger partial charge on any atom is 0.339 e. The van der Waals surface area contributed by atoms with E-state index in [4.69, 9.17) is 14.5 Å². The van der Waals surface area contributed by atoms with Crippen LogP contribution in [0, 0.1) is 5.92 Å². The summed E-state index contributed by atoms with van der Waals surface area (Å²) >= 11 is 0. The first-order chi connectivity index (χ1) is 12.2. The van der Waals surface area contributed by atoms with Crippen LogP contribution >= 0.6 is 0 Å². The summed E-state index contributed by atoms with van der Waals surface area (Å²) in [7, 11) is 0. The standard InChI is InChI=1S/C19H23N3O3/c1-11(12-2-3-12)22-18-16(9-20-22)15(8-17(21-18)13-4-5-13)19(23)25-14-6-7-24-10-14/h8-9,11-14H,2-7,10H2,1H3/t11-,14+/m1/s1. The molecule has 3 heterocycles. The fraction of sp³-hybridized carbons (Fsp3) is 0.632. The van der Waals surface area contributed by atoms with Crippen LogP contribution in [0.4, 0.5) is 0 Å². The van der Waals surface area contributed by atoms with E-state index >= 15 is 0 Å². The average Bonchev–Trinajstić information content (AvgIpc) is 3.54. The number of aromatic nitrogens is 3. The summed E-state index contributed by atoms with van der Waals surface area (Å²) in [4.78, 5) is 17.7. The van der Waals surface area contributed by atoms with Crippen molar-refractivity contribution in [2.24, 2.45) is 5.92 Å². The lowest BCUT2D eigenvalue weighted by Crippen LogP contribution is -2.19. The van der Waals surface area contributed by atoms with Gasteiger partial charge < -0.3 is 9.47 Å². The van der Waals surface area contributed by atoms with Crippen LogP contribution in [0.3, 0.4) is 0 Å². The van der Waals surface area contributed by atoms with Gasteiger partial charge in [-0.25, -0.2) is 14.5 Å². The van der Waals surface area contributed by atoms with Gasteiger partial charge in [-0.1, -0.05) is 0 Å². The van der Waals surface area contributed by atoms with Gasteiger partial charge >= 0.3 is 5.97 Å². The second-order valence-corrected chi connectivity index (χ2v) is 7.66. The normalized spacial score (nSPS) is 24.6. The molecule has 0 unspecified atom stereocenters. The zero-order chi connectivity index (χ0) is 17.0. The average molecular weight is 341 g/mol. The van der Waals surface area contributed by atoms with E-state index in [-0.39, 0.29) is 12.1 Å². The molecular formula is C19H23N3O3. The summed E-state index contributed by atoms with van der Waals surface area (Å²) in [5, 5.41) is 5.38. The van der Waals surface area contributed by atoms with Crippen LogP contribution in [0.5, 0.6) is 0 Å². The van der Waals surface area contributed by atoms with Gasteiger partial charge in [0.25, 0.3) is 0 Å². The van der Waals surface area contributed by atoms with Crippen LogP contribution in [0.1, 0.15) is 67.0 Å². The minimum atomic E-state index is -0.275. The Hall–Kier alpha value is -1.95. The molecule has 3 aliphatic rings. The summed E-state index contributed by atoms with van der Waals surface area (Å²) in [6.07, 6.45) is 7.21. The Bertz CT molecular complexity index is 817. The van der Waals surface area contributed by atoms with E-state index in [1.54, 1.807) is 6.20 Å². The van der Waals surface area contributed by atoms with Crippen LogP contribution in [-0.2, 0) is 9.47 Å². The quantitative estimate of drug-likeness (QED) is 0.781. The van der Waals surface area contributed by atoms with Gasteiger partial charge in [0.2, 0.25) is 0 Å². The molecule has 0 spiro atoms. The van der Waals surface area contributed by atoms with Gasteiger partial charge in [-0.2, -0.15) is 5.10 Å². The molecular weight excluding hydrogens is 318 g/mol. The zero-order valence-electron chi connectivity index (χ0n) is 14.5. The number of esters is 1. The Balaban J connectivity index is 1.55. The Morgan fingerprint density at radius 1 is 1.32 bits per heavy atom. The van der Waals surface area contributed by atoms with E-state index in [1.807, 2.05) is 10.7 Å². The highest BCUT2D eigenvalue weighted by atomic mass is 16.6. The zero-order valence-corrected chi connectivity index (χ0v) is 14.5. The second kappa shape index (κ2) is 5.80. The molecule has 0 aromatic carbocycles. The van der Waals surface area contributed by atoms with Crippen LogP contribution < -0.4 is 0 Å². The maximum absolute atomic E-state index is 12.8.